The van der Waals surface area contributed by atoms with Crippen molar-refractivity contribution in [2.45, 2.75) is 17.9 Å². The predicted octanol–water partition coefficient (Wildman–Crippen LogP) is 3.21. The van der Waals surface area contributed by atoms with Gasteiger partial charge in [0.1, 0.15) is 0 Å². The summed E-state index contributed by atoms with van der Waals surface area (Å²) in [6, 6.07) is 0. The van der Waals surface area contributed by atoms with Crippen LogP contribution in [0.15, 0.2) is 0 Å². The average molecular weight is 237 g/mol. The SMILES string of the molecule is F[B-](F)(F)C(F)(F)C(F)(F)C(F)(F)F. The Labute approximate surface area is 69.9 Å². The van der Waals surface area contributed by atoms with Gasteiger partial charge in [0.25, 0.3) is 5.82 Å². The zero-order valence-corrected chi connectivity index (χ0v) is 5.86. The summed E-state index contributed by atoms with van der Waals surface area (Å²) in [5.41, 5.74) is 0. The second-order valence-electron chi connectivity index (χ2n) is 2.27. The third-order valence-electron chi connectivity index (χ3n) is 1.19. The molecular formula is C3BF10-. The van der Waals surface area contributed by atoms with Crippen molar-refractivity contribution in [3.8, 4) is 0 Å². The number of rotatable bonds is 2. The Morgan fingerprint density at radius 1 is 0.643 bits per heavy atom. The third-order valence-corrected chi connectivity index (χ3v) is 1.19. The second kappa shape index (κ2) is 2.93. The highest BCUT2D eigenvalue weighted by atomic mass is 19.4. The molecule has 0 aliphatic rings. The van der Waals surface area contributed by atoms with Gasteiger partial charge in [-0.25, -0.2) is 8.78 Å². The van der Waals surface area contributed by atoms with Crippen molar-refractivity contribution in [1.29, 1.82) is 0 Å². The molecule has 0 rings (SSSR count). The Morgan fingerprint density at radius 2 is 0.929 bits per heavy atom. The maximum absolute atomic E-state index is 11.6. The van der Waals surface area contributed by atoms with E-state index in [-0.39, 0.29) is 0 Å². The monoisotopic (exact) mass is 237 g/mol. The predicted molar refractivity (Wildman–Crippen MR) is 25.0 cm³/mol. The van der Waals surface area contributed by atoms with Crippen molar-refractivity contribution < 1.29 is 43.7 Å². The van der Waals surface area contributed by atoms with Crippen LogP contribution in [0.4, 0.5) is 43.7 Å². The zero-order valence-electron chi connectivity index (χ0n) is 5.86. The fourth-order valence-electron chi connectivity index (χ4n) is 0.395. The molecule has 0 aliphatic heterocycles. The van der Waals surface area contributed by atoms with E-state index >= 15 is 0 Å². The summed E-state index contributed by atoms with van der Waals surface area (Å²) >= 11 is 0. The molecule has 0 heterocycles. The van der Waals surface area contributed by atoms with Crippen LogP contribution in [-0.2, 0) is 0 Å². The second-order valence-corrected chi connectivity index (χ2v) is 2.27. The van der Waals surface area contributed by atoms with Crippen LogP contribution in [-0.4, -0.2) is 24.9 Å². The number of halogens is 10. The molecule has 0 radical (unpaired) electrons. The molecule has 0 bridgehead atoms. The quantitative estimate of drug-likeness (QED) is 0.510. The number of alkyl halides is 7. The summed E-state index contributed by atoms with van der Waals surface area (Å²) in [4.78, 5) is 0. The van der Waals surface area contributed by atoms with Crippen molar-refractivity contribution in [3.05, 3.63) is 0 Å². The summed E-state index contributed by atoms with van der Waals surface area (Å²) in [6.07, 6.45) is -6.95. The minimum Gasteiger partial charge on any atom is -0.445 e. The molecule has 0 amide bonds. The molecule has 0 unspecified atom stereocenters. The van der Waals surface area contributed by atoms with Crippen molar-refractivity contribution in [2.24, 2.45) is 0 Å². The molecule has 86 valence electrons. The molecular weight excluding hydrogens is 237 g/mol. The Bertz CT molecular complexity index is 184. The topological polar surface area (TPSA) is 0 Å². The van der Waals surface area contributed by atoms with Crippen LogP contribution in [0.1, 0.15) is 0 Å². The van der Waals surface area contributed by atoms with Gasteiger partial charge in [-0.15, -0.1) is 0 Å². The van der Waals surface area contributed by atoms with Crippen LogP contribution in [0, 0.1) is 0 Å². The summed E-state index contributed by atoms with van der Waals surface area (Å²) in [5, 5.41) is 0. The summed E-state index contributed by atoms with van der Waals surface area (Å²) in [6.45, 7) is -7.63. The zero-order chi connectivity index (χ0) is 12.0. The normalized spacial score (nSPS) is 15.9. The van der Waals surface area contributed by atoms with Crippen LogP contribution in [0.3, 0.4) is 0 Å². The molecule has 0 fully saturated rings. The van der Waals surface area contributed by atoms with Crippen molar-refractivity contribution in [3.63, 3.8) is 0 Å². The first-order valence-electron chi connectivity index (χ1n) is 2.77. The van der Waals surface area contributed by atoms with Gasteiger partial charge in [0.2, 0.25) is 0 Å². The van der Waals surface area contributed by atoms with E-state index < -0.39 is 24.9 Å². The highest BCUT2D eigenvalue weighted by Crippen LogP contribution is 2.51. The van der Waals surface area contributed by atoms with Gasteiger partial charge in [-0.1, -0.05) is 0 Å². The van der Waals surface area contributed by atoms with Gasteiger partial charge in [0.15, 0.2) is 0 Å². The smallest absolute Gasteiger partial charge is 0.445 e. The molecule has 0 aromatic rings. The first kappa shape index (κ1) is 13.4. The van der Waals surface area contributed by atoms with Gasteiger partial charge in [0.05, 0.1) is 0 Å². The summed E-state index contributed by atoms with van der Waals surface area (Å²) < 4.78 is 114. The molecule has 0 aromatic carbocycles. The van der Waals surface area contributed by atoms with Crippen LogP contribution in [0.2, 0.25) is 0 Å². The maximum Gasteiger partial charge on any atom is 0.555 e. The Morgan fingerprint density at radius 3 is 1.00 bits per heavy atom. The Kier molecular flexibility index (Phi) is 2.79. The minimum atomic E-state index is -7.63. The van der Waals surface area contributed by atoms with Gasteiger partial charge in [0, 0.05) is 0 Å². The highest BCUT2D eigenvalue weighted by molar-refractivity contribution is 6.61. The van der Waals surface area contributed by atoms with E-state index in [1.165, 1.54) is 0 Å². The van der Waals surface area contributed by atoms with Crippen molar-refractivity contribution in [1.82, 2.24) is 0 Å². The Hall–Kier alpha value is -0.635. The van der Waals surface area contributed by atoms with Gasteiger partial charge < -0.3 is 12.9 Å². The van der Waals surface area contributed by atoms with Crippen molar-refractivity contribution >= 4 is 6.98 Å². The number of hydrogen-bond acceptors (Lipinski definition) is 0. The van der Waals surface area contributed by atoms with Crippen LogP contribution >= 0.6 is 0 Å². The van der Waals surface area contributed by atoms with E-state index in [4.69, 9.17) is 0 Å². The lowest BCUT2D eigenvalue weighted by atomic mass is 9.76. The van der Waals surface area contributed by atoms with E-state index in [9.17, 15) is 43.7 Å². The van der Waals surface area contributed by atoms with Crippen LogP contribution < -0.4 is 0 Å². The lowest BCUT2D eigenvalue weighted by Crippen LogP contribution is -2.62. The van der Waals surface area contributed by atoms with Crippen molar-refractivity contribution in [2.75, 3.05) is 0 Å². The number of hydrogen-bond donors (Lipinski definition) is 0. The largest absolute Gasteiger partial charge is 0.555 e. The maximum atomic E-state index is 11.6. The average Bonchev–Trinajstić information content (AvgIpc) is 1.81. The molecule has 0 aromatic heterocycles. The lowest BCUT2D eigenvalue weighted by molar-refractivity contribution is -0.340. The molecule has 0 N–H and O–H groups in total. The molecule has 0 nitrogen and oxygen atoms in total. The summed E-state index contributed by atoms with van der Waals surface area (Å²) in [5.74, 6) is -14.2. The van der Waals surface area contributed by atoms with Gasteiger partial charge in [-0.3, -0.25) is 0 Å². The molecule has 0 saturated heterocycles. The molecule has 0 spiro atoms. The van der Waals surface area contributed by atoms with Gasteiger partial charge in [-0.2, -0.15) is 22.0 Å². The minimum absolute atomic E-state index is 6.95. The molecule has 0 saturated carbocycles. The van der Waals surface area contributed by atoms with Gasteiger partial charge >= 0.3 is 19.1 Å². The van der Waals surface area contributed by atoms with E-state index in [1.54, 1.807) is 0 Å². The van der Waals surface area contributed by atoms with E-state index in [1.807, 2.05) is 0 Å². The standard InChI is InChI=1S/C3BF10/c5-1(6,3(9,10)11)2(7,8)4(12,13)14/q-1. The van der Waals surface area contributed by atoms with Gasteiger partial charge in [-0.05, 0) is 0 Å². The van der Waals surface area contributed by atoms with Crippen LogP contribution in [0.25, 0.3) is 0 Å². The Balaban J connectivity index is 5.30. The third kappa shape index (κ3) is 1.76. The lowest BCUT2D eigenvalue weighted by Gasteiger charge is -2.34. The fraction of sp³-hybridized carbons (Fsp3) is 1.00. The molecule has 0 aliphatic carbocycles. The first-order chi connectivity index (χ1) is 5.75. The molecule has 0 atom stereocenters. The molecule has 11 heteroatoms. The molecule has 14 heavy (non-hydrogen) atoms. The van der Waals surface area contributed by atoms with E-state index in [2.05, 4.69) is 0 Å². The summed E-state index contributed by atoms with van der Waals surface area (Å²) in [7, 11) is 0. The van der Waals surface area contributed by atoms with Crippen LogP contribution in [0.5, 0.6) is 0 Å². The first-order valence-corrected chi connectivity index (χ1v) is 2.77. The van der Waals surface area contributed by atoms with E-state index in [0.29, 0.717) is 0 Å². The van der Waals surface area contributed by atoms with E-state index in [0.717, 1.165) is 0 Å². The fourth-order valence-corrected chi connectivity index (χ4v) is 0.395. The highest BCUT2D eigenvalue weighted by Gasteiger charge is 2.78.